The topological polar surface area (TPSA) is 73.8 Å². The summed E-state index contributed by atoms with van der Waals surface area (Å²) in [5, 5.41) is 4.45. The van der Waals surface area contributed by atoms with Gasteiger partial charge in [-0.25, -0.2) is 4.68 Å². The van der Waals surface area contributed by atoms with Crippen LogP contribution in [0.2, 0.25) is 0 Å². The molecule has 2 heterocycles. The summed E-state index contributed by atoms with van der Waals surface area (Å²) in [7, 11) is 1.55. The van der Waals surface area contributed by atoms with Gasteiger partial charge in [-0.3, -0.25) is 9.78 Å². The zero-order valence-electron chi connectivity index (χ0n) is 7.06. The summed E-state index contributed by atoms with van der Waals surface area (Å²) < 4.78 is 1.19. The molecule has 5 heteroatoms. The highest BCUT2D eigenvalue weighted by atomic mass is 16.1. The molecule has 0 saturated heterocycles. The molecule has 0 aliphatic heterocycles. The van der Waals surface area contributed by atoms with Gasteiger partial charge in [0.25, 0.3) is 5.56 Å². The van der Waals surface area contributed by atoms with E-state index in [9.17, 15) is 4.79 Å². The smallest absolute Gasteiger partial charge is 0.293 e. The molecule has 0 spiro atoms. The lowest BCUT2D eigenvalue weighted by molar-refractivity contribution is 0.722. The van der Waals surface area contributed by atoms with E-state index in [4.69, 9.17) is 5.73 Å². The first-order chi connectivity index (χ1) is 6.20. The Kier molecular flexibility index (Phi) is 1.51. The van der Waals surface area contributed by atoms with E-state index in [0.29, 0.717) is 16.7 Å². The lowest BCUT2D eigenvalue weighted by Crippen LogP contribution is -2.21. The average molecular weight is 176 g/mol. The van der Waals surface area contributed by atoms with E-state index in [1.54, 1.807) is 25.4 Å². The number of aryl methyl sites for hydroxylation is 1. The third kappa shape index (κ3) is 1.05. The quantitative estimate of drug-likeness (QED) is 0.608. The first-order valence-corrected chi connectivity index (χ1v) is 3.77. The summed E-state index contributed by atoms with van der Waals surface area (Å²) >= 11 is 0. The lowest BCUT2D eigenvalue weighted by Gasteiger charge is -2.01. The molecule has 0 unspecified atom stereocenters. The van der Waals surface area contributed by atoms with Crippen LogP contribution in [-0.4, -0.2) is 14.8 Å². The van der Waals surface area contributed by atoms with Crippen LogP contribution >= 0.6 is 0 Å². The van der Waals surface area contributed by atoms with Crippen molar-refractivity contribution in [3.8, 4) is 0 Å². The molecule has 0 saturated carbocycles. The third-order valence-corrected chi connectivity index (χ3v) is 1.84. The average Bonchev–Trinajstić information content (AvgIpc) is 2.15. The van der Waals surface area contributed by atoms with Crippen LogP contribution in [0.3, 0.4) is 0 Å². The lowest BCUT2D eigenvalue weighted by atomic mass is 10.3. The number of nitrogens with two attached hydrogens (primary N) is 1. The van der Waals surface area contributed by atoms with E-state index in [1.165, 1.54) is 4.68 Å². The number of nitrogens with zero attached hydrogens (tertiary/aromatic N) is 3. The maximum Gasteiger partial charge on any atom is 0.293 e. The maximum absolute atomic E-state index is 11.5. The molecule has 13 heavy (non-hydrogen) atoms. The Morgan fingerprint density at radius 1 is 1.54 bits per heavy atom. The fourth-order valence-electron chi connectivity index (χ4n) is 1.20. The van der Waals surface area contributed by atoms with Crippen LogP contribution in [0.5, 0.6) is 0 Å². The van der Waals surface area contributed by atoms with Gasteiger partial charge in [0.2, 0.25) is 0 Å². The van der Waals surface area contributed by atoms with Gasteiger partial charge in [-0.2, -0.15) is 5.10 Å². The summed E-state index contributed by atoms with van der Waals surface area (Å²) in [5.74, 6) is 0.324. The van der Waals surface area contributed by atoms with Crippen LogP contribution in [0.4, 0.5) is 5.82 Å². The highest BCUT2D eigenvalue weighted by Crippen LogP contribution is 2.10. The fourth-order valence-corrected chi connectivity index (χ4v) is 1.20. The summed E-state index contributed by atoms with van der Waals surface area (Å²) in [5.41, 5.74) is 5.74. The highest BCUT2D eigenvalue weighted by molar-refractivity contribution is 5.86. The first-order valence-electron chi connectivity index (χ1n) is 3.77. The number of rotatable bonds is 0. The van der Waals surface area contributed by atoms with Crippen LogP contribution in [0.15, 0.2) is 23.1 Å². The second-order valence-corrected chi connectivity index (χ2v) is 2.71. The standard InChI is InChI=1S/C8H8N4O/c1-12-8(13)6-5(7(9)11-12)3-2-4-10-6/h2-4H,1H3,(H2,9,11). The van der Waals surface area contributed by atoms with Crippen molar-refractivity contribution in [1.29, 1.82) is 0 Å². The van der Waals surface area contributed by atoms with Gasteiger partial charge in [0.1, 0.15) is 5.52 Å². The van der Waals surface area contributed by atoms with E-state index in [2.05, 4.69) is 10.1 Å². The van der Waals surface area contributed by atoms with Crippen LogP contribution < -0.4 is 11.3 Å². The molecule has 2 rings (SSSR count). The molecule has 2 aromatic heterocycles. The Balaban J connectivity index is 3.06. The zero-order chi connectivity index (χ0) is 9.42. The second kappa shape index (κ2) is 2.55. The van der Waals surface area contributed by atoms with E-state index < -0.39 is 0 Å². The Bertz CT molecular complexity index is 517. The zero-order valence-corrected chi connectivity index (χ0v) is 7.06. The predicted octanol–water partition coefficient (Wildman–Crippen LogP) is -0.0893. The number of pyridine rings is 1. The summed E-state index contributed by atoms with van der Waals surface area (Å²) in [6.07, 6.45) is 1.56. The van der Waals surface area contributed by atoms with Gasteiger partial charge in [0.15, 0.2) is 5.82 Å². The van der Waals surface area contributed by atoms with Crippen molar-refractivity contribution in [3.63, 3.8) is 0 Å². The van der Waals surface area contributed by atoms with Crippen LogP contribution in [-0.2, 0) is 7.05 Å². The largest absolute Gasteiger partial charge is 0.382 e. The van der Waals surface area contributed by atoms with Crippen LogP contribution in [0, 0.1) is 0 Å². The van der Waals surface area contributed by atoms with Gasteiger partial charge in [-0.05, 0) is 12.1 Å². The van der Waals surface area contributed by atoms with Gasteiger partial charge in [0.05, 0.1) is 0 Å². The first kappa shape index (κ1) is 7.72. The molecule has 5 nitrogen and oxygen atoms in total. The Labute approximate surface area is 73.8 Å². The Hall–Kier alpha value is -1.91. The number of anilines is 1. The van der Waals surface area contributed by atoms with Crippen LogP contribution in [0.1, 0.15) is 0 Å². The predicted molar refractivity (Wildman–Crippen MR) is 49.2 cm³/mol. The normalized spacial score (nSPS) is 10.5. The molecule has 0 amide bonds. The molecular formula is C8H8N4O. The highest BCUT2D eigenvalue weighted by Gasteiger charge is 2.05. The van der Waals surface area contributed by atoms with Gasteiger partial charge in [0, 0.05) is 18.6 Å². The van der Waals surface area contributed by atoms with Crippen LogP contribution in [0.25, 0.3) is 10.9 Å². The number of hydrogen-bond acceptors (Lipinski definition) is 4. The monoisotopic (exact) mass is 176 g/mol. The molecule has 0 aliphatic rings. The van der Waals surface area contributed by atoms with Gasteiger partial charge < -0.3 is 5.73 Å². The van der Waals surface area contributed by atoms with Gasteiger partial charge >= 0.3 is 0 Å². The number of nitrogen functional groups attached to an aromatic ring is 1. The molecule has 0 fully saturated rings. The second-order valence-electron chi connectivity index (χ2n) is 2.71. The van der Waals surface area contributed by atoms with Gasteiger partial charge in [-0.15, -0.1) is 0 Å². The van der Waals surface area contributed by atoms with Gasteiger partial charge in [-0.1, -0.05) is 0 Å². The van der Waals surface area contributed by atoms with Crippen molar-refractivity contribution in [2.75, 3.05) is 5.73 Å². The van der Waals surface area contributed by atoms with Crippen molar-refractivity contribution in [2.45, 2.75) is 0 Å². The molecule has 0 aromatic carbocycles. The minimum Gasteiger partial charge on any atom is -0.382 e. The number of aromatic nitrogens is 3. The third-order valence-electron chi connectivity index (χ3n) is 1.84. The van der Waals surface area contributed by atoms with Crippen molar-refractivity contribution >= 4 is 16.7 Å². The molecule has 0 atom stereocenters. The summed E-state index contributed by atoms with van der Waals surface area (Å²) in [6, 6.07) is 3.45. The van der Waals surface area contributed by atoms with Crippen molar-refractivity contribution in [3.05, 3.63) is 28.7 Å². The number of fused-ring (bicyclic) bond motifs is 1. The maximum atomic E-state index is 11.5. The number of hydrogen-bond donors (Lipinski definition) is 1. The van der Waals surface area contributed by atoms with Crippen molar-refractivity contribution in [2.24, 2.45) is 7.05 Å². The SMILES string of the molecule is Cn1nc(N)c2cccnc2c1=O. The molecule has 0 aliphatic carbocycles. The summed E-state index contributed by atoms with van der Waals surface area (Å²) in [4.78, 5) is 15.4. The molecule has 2 N–H and O–H groups in total. The molecule has 2 aromatic rings. The molecule has 0 bridgehead atoms. The minimum atomic E-state index is -0.232. The summed E-state index contributed by atoms with van der Waals surface area (Å²) in [6.45, 7) is 0. The molecule has 66 valence electrons. The van der Waals surface area contributed by atoms with E-state index >= 15 is 0 Å². The molecular weight excluding hydrogens is 168 g/mol. The fraction of sp³-hybridized carbons (Fsp3) is 0.125. The van der Waals surface area contributed by atoms with E-state index in [1.807, 2.05) is 0 Å². The van der Waals surface area contributed by atoms with E-state index in [0.717, 1.165) is 0 Å². The van der Waals surface area contributed by atoms with Crippen molar-refractivity contribution < 1.29 is 0 Å². The molecule has 0 radical (unpaired) electrons. The van der Waals surface area contributed by atoms with Crippen molar-refractivity contribution in [1.82, 2.24) is 14.8 Å². The minimum absolute atomic E-state index is 0.232. The van der Waals surface area contributed by atoms with E-state index in [-0.39, 0.29) is 5.56 Å². The Morgan fingerprint density at radius 3 is 3.08 bits per heavy atom. The Morgan fingerprint density at radius 2 is 2.31 bits per heavy atom.